The van der Waals surface area contributed by atoms with Crippen molar-refractivity contribution in [1.82, 2.24) is 18.9 Å². The molecule has 5 aromatic heterocycles. The maximum Gasteiger partial charge on any atom is 0.235 e. The van der Waals surface area contributed by atoms with Gasteiger partial charge in [0, 0.05) is 54.0 Å². The van der Waals surface area contributed by atoms with Crippen LogP contribution >= 0.6 is 0 Å². The van der Waals surface area contributed by atoms with Gasteiger partial charge in [0.25, 0.3) is 0 Å². The Labute approximate surface area is 335 Å². The molecule has 0 amide bonds. The van der Waals surface area contributed by atoms with Gasteiger partial charge in [-0.3, -0.25) is 4.57 Å². The van der Waals surface area contributed by atoms with E-state index in [0.717, 1.165) is 87.9 Å². The van der Waals surface area contributed by atoms with Crippen molar-refractivity contribution in [3.8, 4) is 28.3 Å². The molecule has 0 aliphatic carbocycles. The van der Waals surface area contributed by atoms with Gasteiger partial charge in [0.05, 0.1) is 38.8 Å². The molecule has 0 spiro atoms. The van der Waals surface area contributed by atoms with Crippen LogP contribution in [0.3, 0.4) is 0 Å². The number of fused-ring (bicyclic) bond motifs is 12. The number of aromatic nitrogens is 4. The Morgan fingerprint density at radius 3 is 1.93 bits per heavy atom. The van der Waals surface area contributed by atoms with Gasteiger partial charge >= 0.3 is 0 Å². The Bertz CT molecular complexity index is 4080. The molecule has 0 saturated carbocycles. The predicted octanol–water partition coefficient (Wildman–Crippen LogP) is 14.3. The van der Waals surface area contributed by atoms with Crippen molar-refractivity contribution in [2.75, 3.05) is 0 Å². The van der Waals surface area contributed by atoms with Crippen LogP contribution in [-0.4, -0.2) is 18.9 Å². The molecule has 14 aromatic rings. The lowest BCUT2D eigenvalue weighted by atomic mass is 9.98. The summed E-state index contributed by atoms with van der Waals surface area (Å²) < 4.78 is 11.5. The summed E-state index contributed by atoms with van der Waals surface area (Å²) in [6, 6.07) is 65.1. The first-order chi connectivity index (χ1) is 29.3. The van der Waals surface area contributed by atoms with Crippen LogP contribution in [0.2, 0.25) is 0 Å². The van der Waals surface area contributed by atoms with Crippen LogP contribution in [0.4, 0.5) is 0 Å². The minimum Gasteiger partial charge on any atom is -0.454 e. The van der Waals surface area contributed by atoms with Gasteiger partial charge < -0.3 is 8.82 Å². The summed E-state index contributed by atoms with van der Waals surface area (Å²) in [5.74, 6) is 0.638. The minimum absolute atomic E-state index is 0.638. The second-order valence-corrected chi connectivity index (χ2v) is 15.7. The molecule has 0 bridgehead atoms. The lowest BCUT2D eigenvalue weighted by Gasteiger charge is -2.14. The SMILES string of the molecule is c1ccc(-c2cccc(-c3nc(-n4c5cccc6c7cccc8c9ccc%10c%11ccccc%11oc%10c9n(c9cccc4c9c65)c78)nc4c3ccc3ccccc34)c2)cc1. The predicted molar refractivity (Wildman–Crippen MR) is 244 cm³/mol. The molecule has 9 aromatic carbocycles. The van der Waals surface area contributed by atoms with Gasteiger partial charge in [-0.05, 0) is 64.4 Å². The number of furan rings is 1. The van der Waals surface area contributed by atoms with Crippen molar-refractivity contribution in [2.45, 2.75) is 0 Å². The molecule has 5 nitrogen and oxygen atoms in total. The average Bonchev–Trinajstić information content (AvgIpc) is 3.94. The van der Waals surface area contributed by atoms with Gasteiger partial charge in [0.15, 0.2) is 5.58 Å². The molecule has 5 heteroatoms. The summed E-state index contributed by atoms with van der Waals surface area (Å²) in [5.41, 5.74) is 12.5. The third kappa shape index (κ3) is 4.08. The fourth-order valence-corrected chi connectivity index (χ4v) is 10.2. The lowest BCUT2D eigenvalue weighted by Crippen LogP contribution is -2.04. The summed E-state index contributed by atoms with van der Waals surface area (Å²) >= 11 is 0. The topological polar surface area (TPSA) is 48.3 Å². The molecule has 0 aliphatic rings. The first kappa shape index (κ1) is 31.1. The van der Waals surface area contributed by atoms with Crippen molar-refractivity contribution in [3.05, 3.63) is 182 Å². The molecular formula is C54H30N4O. The number of benzene rings is 9. The average molecular weight is 751 g/mol. The maximum atomic E-state index is 6.78. The highest BCUT2D eigenvalue weighted by Crippen LogP contribution is 2.46. The van der Waals surface area contributed by atoms with Crippen LogP contribution in [0, 0.1) is 0 Å². The van der Waals surface area contributed by atoms with E-state index < -0.39 is 0 Å². The minimum atomic E-state index is 0.638. The van der Waals surface area contributed by atoms with E-state index in [2.05, 4.69) is 185 Å². The van der Waals surface area contributed by atoms with Crippen LogP contribution in [0.5, 0.6) is 0 Å². The smallest absolute Gasteiger partial charge is 0.235 e. The zero-order chi connectivity index (χ0) is 38.3. The number of rotatable bonds is 3. The standard InChI is InChI=1S/C54H30N4O/c1-2-12-31(13-3-1)33-15-8-16-34(30-33)49-42-27-26-32-14-4-5-17-35(32)50(42)56-54(55-49)57-43-22-10-19-37-38-20-9-21-39-40-28-29-41-36-18-6-7-25-46(36)59-53(41)52(40)58(51(38)39)45-24-11-23-44(57)48(45)47(37)43/h1-30H. The van der Waals surface area contributed by atoms with E-state index >= 15 is 0 Å². The second-order valence-electron chi connectivity index (χ2n) is 15.7. The van der Waals surface area contributed by atoms with Crippen molar-refractivity contribution in [1.29, 1.82) is 0 Å². The maximum absolute atomic E-state index is 6.78. The third-order valence-corrected chi connectivity index (χ3v) is 12.6. The molecule has 0 radical (unpaired) electrons. The molecule has 272 valence electrons. The van der Waals surface area contributed by atoms with Gasteiger partial charge in [-0.1, -0.05) is 140 Å². The Balaban J connectivity index is 1.15. The molecule has 0 unspecified atom stereocenters. The first-order valence-electron chi connectivity index (χ1n) is 20.1. The molecule has 0 fully saturated rings. The Morgan fingerprint density at radius 1 is 0.390 bits per heavy atom. The Kier molecular flexibility index (Phi) is 5.96. The van der Waals surface area contributed by atoms with E-state index in [1.165, 1.54) is 38.0 Å². The molecule has 14 rings (SSSR count). The monoisotopic (exact) mass is 750 g/mol. The number of hydrogen-bond donors (Lipinski definition) is 0. The van der Waals surface area contributed by atoms with Crippen LogP contribution < -0.4 is 0 Å². The van der Waals surface area contributed by atoms with E-state index in [9.17, 15) is 0 Å². The lowest BCUT2D eigenvalue weighted by molar-refractivity contribution is 0.671. The van der Waals surface area contributed by atoms with Gasteiger partial charge in [-0.25, -0.2) is 9.97 Å². The van der Waals surface area contributed by atoms with E-state index in [4.69, 9.17) is 14.4 Å². The van der Waals surface area contributed by atoms with E-state index in [1.807, 2.05) is 6.07 Å². The zero-order valence-corrected chi connectivity index (χ0v) is 31.5. The molecule has 5 heterocycles. The number of nitrogens with zero attached hydrogens (tertiary/aromatic N) is 4. The summed E-state index contributed by atoms with van der Waals surface area (Å²) in [6.07, 6.45) is 0. The summed E-state index contributed by atoms with van der Waals surface area (Å²) in [4.78, 5) is 11.1. The normalized spacial score (nSPS) is 12.4. The Hall–Kier alpha value is -8.02. The van der Waals surface area contributed by atoms with Gasteiger partial charge in [0.2, 0.25) is 5.95 Å². The third-order valence-electron chi connectivity index (χ3n) is 12.6. The largest absolute Gasteiger partial charge is 0.454 e. The highest BCUT2D eigenvalue weighted by atomic mass is 16.3. The summed E-state index contributed by atoms with van der Waals surface area (Å²) in [5, 5.41) is 12.6. The van der Waals surface area contributed by atoms with Crippen LogP contribution in [-0.2, 0) is 0 Å². The zero-order valence-electron chi connectivity index (χ0n) is 31.5. The summed E-state index contributed by atoms with van der Waals surface area (Å²) in [6.45, 7) is 0. The van der Waals surface area contributed by atoms with Gasteiger partial charge in [-0.15, -0.1) is 0 Å². The fraction of sp³-hybridized carbons (Fsp3) is 0. The van der Waals surface area contributed by atoms with Gasteiger partial charge in [-0.2, -0.15) is 0 Å². The van der Waals surface area contributed by atoms with Crippen molar-refractivity contribution in [3.63, 3.8) is 0 Å². The quantitative estimate of drug-likeness (QED) is 0.169. The van der Waals surface area contributed by atoms with Gasteiger partial charge in [0.1, 0.15) is 5.58 Å². The summed E-state index contributed by atoms with van der Waals surface area (Å²) in [7, 11) is 0. The van der Waals surface area contributed by atoms with E-state index in [0.29, 0.717) is 5.95 Å². The van der Waals surface area contributed by atoms with E-state index in [1.54, 1.807) is 0 Å². The van der Waals surface area contributed by atoms with Crippen LogP contribution in [0.15, 0.2) is 186 Å². The molecule has 0 aliphatic heterocycles. The molecule has 0 N–H and O–H groups in total. The fourth-order valence-electron chi connectivity index (χ4n) is 10.2. The van der Waals surface area contributed by atoms with Crippen LogP contribution in [0.25, 0.3) is 132 Å². The van der Waals surface area contributed by atoms with Crippen molar-refractivity contribution >= 4 is 104 Å². The number of para-hydroxylation sites is 2. The molecule has 0 atom stereocenters. The highest BCUT2D eigenvalue weighted by molar-refractivity contribution is 6.33. The molecule has 0 saturated heterocycles. The molecular weight excluding hydrogens is 721 g/mol. The Morgan fingerprint density at radius 2 is 1.02 bits per heavy atom. The van der Waals surface area contributed by atoms with Crippen molar-refractivity contribution < 1.29 is 4.42 Å². The first-order valence-corrected chi connectivity index (χ1v) is 20.1. The van der Waals surface area contributed by atoms with Crippen LogP contribution in [0.1, 0.15) is 0 Å². The number of hydrogen-bond acceptors (Lipinski definition) is 3. The second kappa shape index (κ2) is 11.3. The van der Waals surface area contributed by atoms with Crippen molar-refractivity contribution in [2.24, 2.45) is 0 Å². The highest BCUT2D eigenvalue weighted by Gasteiger charge is 2.25. The molecule has 59 heavy (non-hydrogen) atoms. The van der Waals surface area contributed by atoms with E-state index in [-0.39, 0.29) is 0 Å².